The van der Waals surface area contributed by atoms with Gasteiger partial charge in [0.05, 0.1) is 19.3 Å². The third-order valence-corrected chi connectivity index (χ3v) is 2.73. The number of hydrogen-bond acceptors (Lipinski definition) is 5. The van der Waals surface area contributed by atoms with Crippen molar-refractivity contribution in [2.24, 2.45) is 0 Å². The number of aliphatic hydroxyl groups excluding tert-OH is 1. The van der Waals surface area contributed by atoms with Crippen LogP contribution in [0.5, 0.6) is 5.88 Å². The third kappa shape index (κ3) is 3.28. The van der Waals surface area contributed by atoms with Crippen LogP contribution in [0.3, 0.4) is 0 Å². The van der Waals surface area contributed by atoms with E-state index in [-0.39, 0.29) is 12.1 Å². The van der Waals surface area contributed by atoms with E-state index in [4.69, 9.17) is 9.47 Å². The lowest BCUT2D eigenvalue weighted by Crippen LogP contribution is -2.43. The monoisotopic (exact) mass is 242 g/mol. The van der Waals surface area contributed by atoms with Crippen molar-refractivity contribution in [1.82, 2.24) is 9.78 Å². The van der Waals surface area contributed by atoms with Gasteiger partial charge in [0.1, 0.15) is 6.10 Å². The largest absolute Gasteiger partial charge is 0.480 e. The number of ether oxygens (including phenoxy) is 2. The normalized spacial score (nSPS) is 13.5. The highest BCUT2D eigenvalue weighted by Crippen LogP contribution is 2.14. The molecule has 0 aliphatic heterocycles. The van der Waals surface area contributed by atoms with Gasteiger partial charge in [-0.3, -0.25) is 4.79 Å². The van der Waals surface area contributed by atoms with Crippen LogP contribution >= 0.6 is 0 Å². The maximum absolute atomic E-state index is 11.5. The van der Waals surface area contributed by atoms with E-state index in [2.05, 4.69) is 5.10 Å². The highest BCUT2D eigenvalue weighted by molar-refractivity contribution is 5.06. The van der Waals surface area contributed by atoms with E-state index in [0.717, 1.165) is 4.68 Å². The van der Waals surface area contributed by atoms with Crippen LogP contribution in [0, 0.1) is 0 Å². The van der Waals surface area contributed by atoms with E-state index in [1.807, 2.05) is 0 Å². The van der Waals surface area contributed by atoms with E-state index in [1.54, 1.807) is 13.8 Å². The molecule has 6 heteroatoms. The molecule has 0 saturated carbocycles. The Hall–Kier alpha value is -1.40. The number of nitrogens with zero attached hydrogens (tertiary/aromatic N) is 2. The van der Waals surface area contributed by atoms with Crippen LogP contribution in [-0.4, -0.2) is 40.8 Å². The van der Waals surface area contributed by atoms with Crippen molar-refractivity contribution in [3.63, 3.8) is 0 Å². The Morgan fingerprint density at radius 1 is 1.47 bits per heavy atom. The molecule has 0 aromatic carbocycles. The maximum atomic E-state index is 11.5. The molecule has 6 nitrogen and oxygen atoms in total. The Morgan fingerprint density at radius 3 is 2.65 bits per heavy atom. The first kappa shape index (κ1) is 13.7. The molecule has 0 bridgehead atoms. The Balaban J connectivity index is 2.91. The van der Waals surface area contributed by atoms with Gasteiger partial charge >= 0.3 is 0 Å². The van der Waals surface area contributed by atoms with Crippen LogP contribution in [0.15, 0.2) is 16.9 Å². The molecule has 0 fully saturated rings. The van der Waals surface area contributed by atoms with Crippen LogP contribution in [-0.2, 0) is 11.3 Å². The summed E-state index contributed by atoms with van der Waals surface area (Å²) < 4.78 is 11.2. The fourth-order valence-corrected chi connectivity index (χ4v) is 1.19. The van der Waals surface area contributed by atoms with E-state index in [9.17, 15) is 9.90 Å². The van der Waals surface area contributed by atoms with E-state index in [0.29, 0.717) is 5.88 Å². The van der Waals surface area contributed by atoms with Gasteiger partial charge in [0.2, 0.25) is 5.88 Å². The molecule has 96 valence electrons. The summed E-state index contributed by atoms with van der Waals surface area (Å²) in [6.07, 6.45) is -0.843. The van der Waals surface area contributed by atoms with E-state index in [1.165, 1.54) is 26.4 Å². The van der Waals surface area contributed by atoms with Gasteiger partial charge in [-0.15, -0.1) is 5.10 Å². The summed E-state index contributed by atoms with van der Waals surface area (Å²) in [5.41, 5.74) is -1.04. The molecule has 1 N–H and O–H groups in total. The zero-order chi connectivity index (χ0) is 13.1. The topological polar surface area (TPSA) is 73.6 Å². The fourth-order valence-electron chi connectivity index (χ4n) is 1.19. The zero-order valence-electron chi connectivity index (χ0n) is 10.5. The molecular weight excluding hydrogens is 224 g/mol. The summed E-state index contributed by atoms with van der Waals surface area (Å²) >= 11 is 0. The molecule has 1 aromatic rings. The highest BCUT2D eigenvalue weighted by Gasteiger charge is 2.28. The van der Waals surface area contributed by atoms with Gasteiger partial charge < -0.3 is 14.6 Å². The molecule has 1 heterocycles. The second-order valence-electron chi connectivity index (χ2n) is 4.22. The molecule has 0 radical (unpaired) electrons. The van der Waals surface area contributed by atoms with Crippen LogP contribution in [0.4, 0.5) is 0 Å². The number of aliphatic hydroxyl groups is 1. The maximum Gasteiger partial charge on any atom is 0.267 e. The second kappa shape index (κ2) is 5.29. The van der Waals surface area contributed by atoms with Crippen molar-refractivity contribution in [2.75, 3.05) is 14.2 Å². The lowest BCUT2D eigenvalue weighted by Gasteiger charge is -2.28. The zero-order valence-corrected chi connectivity index (χ0v) is 10.5. The minimum Gasteiger partial charge on any atom is -0.480 e. The molecule has 0 spiro atoms. The van der Waals surface area contributed by atoms with Gasteiger partial charge in [0.25, 0.3) is 5.56 Å². The van der Waals surface area contributed by atoms with Crippen LogP contribution in [0.25, 0.3) is 0 Å². The first-order valence-electron chi connectivity index (χ1n) is 5.26. The molecule has 0 aliphatic rings. The summed E-state index contributed by atoms with van der Waals surface area (Å²) in [6.45, 7) is 3.53. The van der Waals surface area contributed by atoms with Gasteiger partial charge in [-0.1, -0.05) is 0 Å². The van der Waals surface area contributed by atoms with Crippen molar-refractivity contribution in [1.29, 1.82) is 0 Å². The van der Waals surface area contributed by atoms with E-state index >= 15 is 0 Å². The quantitative estimate of drug-likeness (QED) is 0.789. The van der Waals surface area contributed by atoms with Crippen LogP contribution in [0.1, 0.15) is 13.8 Å². The summed E-state index contributed by atoms with van der Waals surface area (Å²) in [5.74, 6) is 0.326. The van der Waals surface area contributed by atoms with Gasteiger partial charge in [0, 0.05) is 19.2 Å². The molecule has 0 amide bonds. The lowest BCUT2D eigenvalue weighted by atomic mass is 10.0. The van der Waals surface area contributed by atoms with Gasteiger partial charge in [-0.05, 0) is 13.8 Å². The average molecular weight is 242 g/mol. The van der Waals surface area contributed by atoms with E-state index < -0.39 is 11.7 Å². The molecule has 1 rings (SSSR count). The number of rotatable bonds is 5. The van der Waals surface area contributed by atoms with Crippen molar-refractivity contribution in [3.8, 4) is 5.88 Å². The van der Waals surface area contributed by atoms with Crippen LogP contribution in [0.2, 0.25) is 0 Å². The third-order valence-electron chi connectivity index (χ3n) is 2.73. The second-order valence-corrected chi connectivity index (χ2v) is 4.22. The molecule has 1 unspecified atom stereocenters. The number of hydrogen-bond donors (Lipinski definition) is 1. The minimum atomic E-state index is -0.843. The standard InChI is InChI=1S/C11H18N2O4/c1-11(2,17-4)8(14)7-13-10(15)6-5-9(12-13)16-3/h5-6,8,14H,7H2,1-4H3. The molecule has 17 heavy (non-hydrogen) atoms. The highest BCUT2D eigenvalue weighted by atomic mass is 16.5. The average Bonchev–Trinajstić information content (AvgIpc) is 2.31. The SMILES string of the molecule is COc1ccc(=O)n(CC(O)C(C)(C)OC)n1. The molecule has 1 aromatic heterocycles. The lowest BCUT2D eigenvalue weighted by molar-refractivity contribution is -0.0848. The van der Waals surface area contributed by atoms with Crippen molar-refractivity contribution >= 4 is 0 Å². The summed E-state index contributed by atoms with van der Waals surface area (Å²) in [6, 6.07) is 2.82. The Bertz CT molecular complexity index is 428. The summed E-state index contributed by atoms with van der Waals surface area (Å²) in [5, 5.41) is 13.9. The Morgan fingerprint density at radius 2 is 2.12 bits per heavy atom. The predicted molar refractivity (Wildman–Crippen MR) is 62.1 cm³/mol. The molecule has 1 atom stereocenters. The molecule has 0 saturated heterocycles. The summed E-state index contributed by atoms with van der Waals surface area (Å²) in [7, 11) is 2.97. The predicted octanol–water partition coefficient (Wildman–Crippen LogP) is 0.0378. The first-order valence-corrected chi connectivity index (χ1v) is 5.26. The number of aromatic nitrogens is 2. The van der Waals surface area contributed by atoms with Crippen molar-refractivity contribution in [3.05, 3.63) is 22.5 Å². The molecule has 0 aliphatic carbocycles. The fraction of sp³-hybridized carbons (Fsp3) is 0.636. The Labute approximate surface area is 99.8 Å². The van der Waals surface area contributed by atoms with Crippen molar-refractivity contribution in [2.45, 2.75) is 32.1 Å². The first-order chi connectivity index (χ1) is 7.90. The minimum absolute atomic E-state index is 0.0525. The Kier molecular flexibility index (Phi) is 4.25. The summed E-state index contributed by atoms with van der Waals surface area (Å²) in [4.78, 5) is 11.5. The molecular formula is C11H18N2O4. The number of methoxy groups -OCH3 is 2. The smallest absolute Gasteiger partial charge is 0.267 e. The van der Waals surface area contributed by atoms with Gasteiger partial charge in [-0.25, -0.2) is 4.68 Å². The van der Waals surface area contributed by atoms with Crippen molar-refractivity contribution < 1.29 is 14.6 Å². The van der Waals surface area contributed by atoms with Gasteiger partial charge in [-0.2, -0.15) is 0 Å². The van der Waals surface area contributed by atoms with Gasteiger partial charge in [0.15, 0.2) is 0 Å². The van der Waals surface area contributed by atoms with Crippen LogP contribution < -0.4 is 10.3 Å².